The Morgan fingerprint density at radius 2 is 1.78 bits per heavy atom. The number of carbonyl (C=O) groups is 1. The van der Waals surface area contributed by atoms with Crippen molar-refractivity contribution in [1.82, 2.24) is 19.8 Å². The number of carbonyl (C=O) groups excluding carboxylic acids is 1. The van der Waals surface area contributed by atoms with E-state index in [2.05, 4.69) is 22.9 Å². The van der Waals surface area contributed by atoms with Crippen LogP contribution in [0.3, 0.4) is 0 Å². The van der Waals surface area contributed by atoms with Crippen LogP contribution in [-0.4, -0.2) is 88.4 Å². The number of benzene rings is 3. The lowest BCUT2D eigenvalue weighted by atomic mass is 9.76. The van der Waals surface area contributed by atoms with Gasteiger partial charge in [0.25, 0.3) is 0 Å². The number of hydrogen-bond acceptors (Lipinski definition) is 7. The van der Waals surface area contributed by atoms with E-state index in [1.807, 2.05) is 0 Å². The maximum atomic E-state index is 17.0. The van der Waals surface area contributed by atoms with Gasteiger partial charge in [0, 0.05) is 40.9 Å². The maximum Gasteiger partial charge on any atom is 0.471 e. The lowest BCUT2D eigenvalue weighted by Gasteiger charge is -2.44. The highest BCUT2D eigenvalue weighted by Gasteiger charge is 2.52. The lowest BCUT2D eigenvalue weighted by Crippen LogP contribution is -2.59. The average Bonchev–Trinajstić information content (AvgIpc) is 3.65. The minimum absolute atomic E-state index is 0.00474. The Morgan fingerprint density at radius 1 is 1.04 bits per heavy atom. The van der Waals surface area contributed by atoms with Crippen LogP contribution in [0.15, 0.2) is 36.4 Å². The van der Waals surface area contributed by atoms with Crippen LogP contribution < -0.4 is 9.64 Å². The van der Waals surface area contributed by atoms with E-state index in [-0.39, 0.29) is 63.7 Å². The Kier molecular flexibility index (Phi) is 8.01. The summed E-state index contributed by atoms with van der Waals surface area (Å²) < 4.78 is 78.9. The molecule has 1 amide bonds. The smallest absolute Gasteiger partial charge is 0.471 e. The summed E-state index contributed by atoms with van der Waals surface area (Å²) >= 11 is 0. The molecule has 2 bridgehead atoms. The van der Waals surface area contributed by atoms with Crippen molar-refractivity contribution in [2.24, 2.45) is 5.41 Å². The molecule has 1 N–H and O–H groups in total. The molecule has 0 spiro atoms. The number of ether oxygens (including phenoxy) is 1. The zero-order valence-electron chi connectivity index (χ0n) is 27.9. The van der Waals surface area contributed by atoms with Crippen LogP contribution in [0.25, 0.3) is 32.8 Å². The number of phenolic OH excluding ortho intramolecular Hbond substituents is 1. The van der Waals surface area contributed by atoms with Crippen molar-refractivity contribution in [3.05, 3.63) is 53.6 Å². The topological polar surface area (TPSA) is 82.0 Å². The second-order valence-corrected chi connectivity index (χ2v) is 14.5. The molecule has 4 unspecified atom stereocenters. The highest BCUT2D eigenvalue weighted by molar-refractivity contribution is 6.04. The number of rotatable bonds is 5. The number of amides is 1. The first-order valence-electron chi connectivity index (χ1n) is 17.3. The summed E-state index contributed by atoms with van der Waals surface area (Å²) in [7, 11) is 2.12. The fraction of sp³-hybridized carbons (Fsp3) is 0.447. The molecule has 1 aromatic heterocycles. The molecule has 1 aliphatic carbocycles. The molecule has 13 heteroatoms. The Morgan fingerprint density at radius 3 is 2.51 bits per heavy atom. The maximum absolute atomic E-state index is 17.0. The van der Waals surface area contributed by atoms with Gasteiger partial charge in [-0.25, -0.2) is 8.78 Å². The first-order valence-corrected chi connectivity index (χ1v) is 17.3. The van der Waals surface area contributed by atoms with Gasteiger partial charge in [-0.1, -0.05) is 24.5 Å². The number of aromatic hydroxyl groups is 1. The van der Waals surface area contributed by atoms with E-state index in [4.69, 9.17) is 16.1 Å². The molecule has 3 aromatic carbocycles. The molecule has 8 nitrogen and oxygen atoms in total. The van der Waals surface area contributed by atoms with Crippen molar-refractivity contribution < 1.29 is 36.6 Å². The van der Waals surface area contributed by atoms with Gasteiger partial charge in [0.15, 0.2) is 5.82 Å². The third-order valence-corrected chi connectivity index (χ3v) is 11.6. The van der Waals surface area contributed by atoms with Gasteiger partial charge in [-0.2, -0.15) is 23.1 Å². The molecule has 4 aliphatic rings. The molecule has 1 saturated carbocycles. The monoisotopic (exact) mass is 705 g/mol. The first kappa shape index (κ1) is 33.4. The van der Waals surface area contributed by atoms with Crippen LogP contribution in [0.5, 0.6) is 11.8 Å². The zero-order chi connectivity index (χ0) is 35.8. The average molecular weight is 706 g/mol. The molecule has 4 aromatic rings. The van der Waals surface area contributed by atoms with Crippen molar-refractivity contribution in [3.8, 4) is 35.2 Å². The number of aromatic nitrogens is 2. The standard InChI is InChI=1S/C38H36F5N5O3/c1-3-25-29(39)12-7-21-16-24(49)17-28(31(21)25)26-10-11-27-33(32(26)40)44-36(51-20-37-13-4-6-30(37)46(2)15-5-14-37)45-34(27)47-18-22-8-9-23(19-47)48(22)35(50)38(41,42)43/h1,7,10-12,16-17,22-23,30,49H,4-6,8-9,13-15,18-20H2,2H3. The van der Waals surface area contributed by atoms with Gasteiger partial charge in [-0.15, -0.1) is 6.42 Å². The van der Waals surface area contributed by atoms with Crippen LogP contribution in [0.1, 0.15) is 50.5 Å². The number of piperazine rings is 1. The molecule has 8 rings (SSSR count). The second-order valence-electron chi connectivity index (χ2n) is 14.5. The van der Waals surface area contributed by atoms with Gasteiger partial charge >= 0.3 is 18.1 Å². The molecule has 4 heterocycles. The molecule has 3 saturated heterocycles. The normalized spacial score (nSPS) is 25.0. The number of alkyl halides is 3. The lowest BCUT2D eigenvalue weighted by molar-refractivity contribution is -0.188. The zero-order valence-corrected chi connectivity index (χ0v) is 27.9. The fourth-order valence-corrected chi connectivity index (χ4v) is 9.36. The van der Waals surface area contributed by atoms with Gasteiger partial charge in [-0.3, -0.25) is 4.79 Å². The quantitative estimate of drug-likeness (QED) is 0.181. The van der Waals surface area contributed by atoms with Crippen molar-refractivity contribution in [2.75, 3.05) is 38.2 Å². The Balaban J connectivity index is 1.25. The molecule has 4 fully saturated rings. The van der Waals surface area contributed by atoms with Gasteiger partial charge in [0.1, 0.15) is 22.9 Å². The molecule has 0 radical (unpaired) electrons. The van der Waals surface area contributed by atoms with Crippen LogP contribution >= 0.6 is 0 Å². The van der Waals surface area contributed by atoms with Crippen molar-refractivity contribution in [3.63, 3.8) is 0 Å². The van der Waals surface area contributed by atoms with Gasteiger partial charge < -0.3 is 24.5 Å². The Hall–Kier alpha value is -4.70. The summed E-state index contributed by atoms with van der Waals surface area (Å²) in [6.45, 7) is 1.44. The second kappa shape index (κ2) is 12.2. The minimum atomic E-state index is -4.99. The third kappa shape index (κ3) is 5.50. The number of terminal acetylenes is 1. The van der Waals surface area contributed by atoms with E-state index in [9.17, 15) is 27.5 Å². The van der Waals surface area contributed by atoms with Crippen LogP contribution in [0.2, 0.25) is 0 Å². The molecule has 4 atom stereocenters. The van der Waals surface area contributed by atoms with E-state index >= 15 is 4.39 Å². The largest absolute Gasteiger partial charge is 0.508 e. The van der Waals surface area contributed by atoms with E-state index in [0.29, 0.717) is 36.3 Å². The summed E-state index contributed by atoms with van der Waals surface area (Å²) in [5.41, 5.74) is -0.145. The molecular formula is C38H36F5N5O3. The van der Waals surface area contributed by atoms with Crippen LogP contribution in [0.4, 0.5) is 27.8 Å². The molecule has 3 aliphatic heterocycles. The van der Waals surface area contributed by atoms with E-state index in [0.717, 1.165) is 43.5 Å². The van der Waals surface area contributed by atoms with Gasteiger partial charge in [0.2, 0.25) is 0 Å². The van der Waals surface area contributed by atoms with Gasteiger partial charge in [0.05, 0.1) is 24.3 Å². The van der Waals surface area contributed by atoms with E-state index in [1.165, 1.54) is 30.3 Å². The summed E-state index contributed by atoms with van der Waals surface area (Å²) in [6.07, 6.45) is 6.54. The summed E-state index contributed by atoms with van der Waals surface area (Å²) in [4.78, 5) is 26.8. The number of halogens is 5. The summed E-state index contributed by atoms with van der Waals surface area (Å²) in [5.74, 6) is -0.852. The number of nitrogens with zero attached hydrogens (tertiary/aromatic N) is 5. The predicted octanol–water partition coefficient (Wildman–Crippen LogP) is 6.80. The Labute approximate surface area is 291 Å². The molecule has 51 heavy (non-hydrogen) atoms. The number of fused-ring (bicyclic) bond motifs is 5. The SMILES string of the molecule is C#Cc1c(F)ccc2cc(O)cc(-c3ccc4c(N5CC6CCC(C5)N6C(=O)C(F)(F)F)nc(OCC56CCCC5N(C)CCC6)nc4c3F)c12. The predicted molar refractivity (Wildman–Crippen MR) is 181 cm³/mol. The fourth-order valence-electron chi connectivity index (χ4n) is 9.36. The van der Waals surface area contributed by atoms with Crippen LogP contribution in [-0.2, 0) is 4.79 Å². The number of piperidine rings is 1. The third-order valence-electron chi connectivity index (χ3n) is 11.6. The van der Waals surface area contributed by atoms with E-state index in [1.54, 1.807) is 11.0 Å². The van der Waals surface area contributed by atoms with Gasteiger partial charge in [-0.05, 0) is 87.3 Å². The minimum Gasteiger partial charge on any atom is -0.508 e. The number of phenols is 1. The van der Waals surface area contributed by atoms with Crippen molar-refractivity contribution in [1.29, 1.82) is 0 Å². The van der Waals surface area contributed by atoms with Crippen molar-refractivity contribution in [2.45, 2.75) is 69.2 Å². The summed E-state index contributed by atoms with van der Waals surface area (Å²) in [6, 6.07) is 7.31. The van der Waals surface area contributed by atoms with Crippen LogP contribution in [0, 0.1) is 29.4 Å². The van der Waals surface area contributed by atoms with Crippen molar-refractivity contribution >= 4 is 33.4 Å². The van der Waals surface area contributed by atoms with E-state index < -0.39 is 35.8 Å². The number of anilines is 1. The number of likely N-dealkylation sites (tertiary alicyclic amines) is 1. The number of hydrogen-bond donors (Lipinski definition) is 1. The highest BCUT2D eigenvalue weighted by Crippen LogP contribution is 2.48. The summed E-state index contributed by atoms with van der Waals surface area (Å²) in [5, 5.41) is 11.5. The molecular weight excluding hydrogens is 669 g/mol. The Bertz CT molecular complexity index is 2100. The highest BCUT2D eigenvalue weighted by atomic mass is 19.4. The first-order chi connectivity index (χ1) is 24.4. The molecule has 266 valence electrons.